The fourth-order valence-electron chi connectivity index (χ4n) is 3.05. The van der Waals surface area contributed by atoms with Gasteiger partial charge in [0.05, 0.1) is 6.42 Å². The highest BCUT2D eigenvalue weighted by Gasteiger charge is 2.41. The predicted octanol–water partition coefficient (Wildman–Crippen LogP) is 4.36. The molecule has 0 aromatic carbocycles. The number of hydrogen-bond acceptors (Lipinski definition) is 5. The van der Waals surface area contributed by atoms with E-state index in [1.54, 1.807) is 0 Å². The average molecular weight is 354 g/mol. The maximum absolute atomic E-state index is 11.7. The third-order valence-corrected chi connectivity index (χ3v) is 4.77. The van der Waals surface area contributed by atoms with Crippen molar-refractivity contribution < 1.29 is 23.9 Å². The van der Waals surface area contributed by atoms with Gasteiger partial charge in [-0.3, -0.25) is 9.59 Å². The Kier molecular flexibility index (Phi) is 11.2. The van der Waals surface area contributed by atoms with Gasteiger partial charge in [-0.15, -0.1) is 0 Å². The first-order chi connectivity index (χ1) is 12.1. The molecule has 1 aliphatic rings. The minimum atomic E-state index is -0.968. The normalized spacial score (nSPS) is 19.6. The molecule has 0 radical (unpaired) electrons. The van der Waals surface area contributed by atoms with Gasteiger partial charge in [-0.25, -0.2) is 0 Å². The molecule has 0 aromatic rings. The molecule has 1 aliphatic heterocycles. The van der Waals surface area contributed by atoms with Gasteiger partial charge < -0.3 is 14.3 Å². The highest BCUT2D eigenvalue weighted by atomic mass is 16.6. The van der Waals surface area contributed by atoms with E-state index in [1.165, 1.54) is 51.4 Å². The van der Waals surface area contributed by atoms with Crippen LogP contribution in [0.4, 0.5) is 0 Å². The van der Waals surface area contributed by atoms with E-state index >= 15 is 0 Å². The molecule has 1 heterocycles. The van der Waals surface area contributed by atoms with Crippen LogP contribution < -0.4 is 0 Å². The first-order valence-corrected chi connectivity index (χ1v) is 9.89. The summed E-state index contributed by atoms with van der Waals surface area (Å²) in [5.74, 6) is -0.704. The maximum atomic E-state index is 11.7. The summed E-state index contributed by atoms with van der Waals surface area (Å²) in [6.45, 7) is 2.19. The van der Waals surface area contributed by atoms with E-state index in [-0.39, 0.29) is 25.6 Å². The second kappa shape index (κ2) is 12.9. The number of rotatable bonds is 15. The molecule has 5 heteroatoms. The second-order valence-electron chi connectivity index (χ2n) is 7.26. The number of unbranched alkanes of at least 4 members (excludes halogenated alkanes) is 10. The maximum Gasteiger partial charge on any atom is 0.307 e. The molecular formula is C20H34O5. The van der Waals surface area contributed by atoms with E-state index in [1.807, 2.05) is 0 Å². The van der Waals surface area contributed by atoms with Gasteiger partial charge in [0.25, 0.3) is 0 Å². The molecule has 1 atom stereocenters. The Morgan fingerprint density at radius 3 is 2.08 bits per heavy atom. The van der Waals surface area contributed by atoms with Crippen molar-refractivity contribution in [3.8, 4) is 0 Å². The van der Waals surface area contributed by atoms with Crippen molar-refractivity contribution in [1.82, 2.24) is 0 Å². The van der Waals surface area contributed by atoms with Gasteiger partial charge in [0.15, 0.2) is 0 Å². The second-order valence-corrected chi connectivity index (χ2v) is 7.26. The first kappa shape index (κ1) is 21.7. The molecular weight excluding hydrogens is 320 g/mol. The van der Waals surface area contributed by atoms with Crippen LogP contribution in [0.15, 0.2) is 0 Å². The summed E-state index contributed by atoms with van der Waals surface area (Å²) in [7, 11) is 0. The van der Waals surface area contributed by atoms with Crippen LogP contribution in [0.1, 0.15) is 90.4 Å². The number of cyclic esters (lactones) is 1. The Morgan fingerprint density at radius 1 is 1.04 bits per heavy atom. The molecule has 1 fully saturated rings. The summed E-state index contributed by atoms with van der Waals surface area (Å²) in [6, 6.07) is 0. The van der Waals surface area contributed by atoms with Crippen LogP contribution >= 0.6 is 0 Å². The third-order valence-electron chi connectivity index (χ3n) is 4.77. The molecule has 1 saturated heterocycles. The fraction of sp³-hybridized carbons (Fsp3) is 0.850. The molecule has 144 valence electrons. The van der Waals surface area contributed by atoms with Gasteiger partial charge in [0.2, 0.25) is 0 Å². The Labute approximate surface area is 151 Å². The summed E-state index contributed by atoms with van der Waals surface area (Å²) < 4.78 is 9.96. The van der Waals surface area contributed by atoms with Crippen LogP contribution in [-0.2, 0) is 23.9 Å². The van der Waals surface area contributed by atoms with Crippen molar-refractivity contribution in [2.45, 2.75) is 90.4 Å². The Hall–Kier alpha value is -1.39. The molecule has 25 heavy (non-hydrogen) atoms. The number of carbonyl (C=O) groups excluding carboxylic acids is 3. The third kappa shape index (κ3) is 9.61. The van der Waals surface area contributed by atoms with Gasteiger partial charge in [-0.05, 0) is 6.42 Å². The lowest BCUT2D eigenvalue weighted by Gasteiger charge is -2.17. The zero-order valence-electron chi connectivity index (χ0n) is 15.7. The van der Waals surface area contributed by atoms with Gasteiger partial charge in [-0.2, -0.15) is 0 Å². The highest BCUT2D eigenvalue weighted by molar-refractivity contribution is 5.80. The molecule has 0 aromatic heterocycles. The topological polar surface area (TPSA) is 69.7 Å². The molecule has 0 saturated carbocycles. The number of hydrogen-bond donors (Lipinski definition) is 0. The van der Waals surface area contributed by atoms with Gasteiger partial charge >= 0.3 is 11.9 Å². The zero-order valence-corrected chi connectivity index (χ0v) is 15.7. The number of esters is 2. The van der Waals surface area contributed by atoms with Crippen LogP contribution in [0.2, 0.25) is 0 Å². The van der Waals surface area contributed by atoms with E-state index in [2.05, 4.69) is 6.92 Å². The average Bonchev–Trinajstić information content (AvgIpc) is 2.99. The Bertz CT molecular complexity index is 407. The molecule has 0 aliphatic carbocycles. The van der Waals surface area contributed by atoms with E-state index in [0.717, 1.165) is 19.3 Å². The first-order valence-electron chi connectivity index (χ1n) is 9.89. The zero-order chi connectivity index (χ0) is 18.4. The molecule has 0 amide bonds. The number of aldehydes is 1. The fourth-order valence-corrected chi connectivity index (χ4v) is 3.05. The van der Waals surface area contributed by atoms with Crippen molar-refractivity contribution in [1.29, 1.82) is 0 Å². The predicted molar refractivity (Wildman–Crippen MR) is 96.1 cm³/mol. The quantitative estimate of drug-likeness (QED) is 0.248. The molecule has 0 spiro atoms. The Morgan fingerprint density at radius 2 is 1.60 bits per heavy atom. The van der Waals surface area contributed by atoms with E-state index in [9.17, 15) is 14.4 Å². The lowest BCUT2D eigenvalue weighted by atomic mass is 9.90. The summed E-state index contributed by atoms with van der Waals surface area (Å²) in [5.41, 5.74) is -0.968. The highest BCUT2D eigenvalue weighted by Crippen LogP contribution is 2.27. The van der Waals surface area contributed by atoms with Gasteiger partial charge in [0, 0.05) is 6.42 Å². The van der Waals surface area contributed by atoms with E-state index in [4.69, 9.17) is 9.47 Å². The Balaban J connectivity index is 1.93. The smallest absolute Gasteiger partial charge is 0.307 e. The lowest BCUT2D eigenvalue weighted by Crippen LogP contribution is -2.30. The van der Waals surface area contributed by atoms with Crippen molar-refractivity contribution in [2.24, 2.45) is 5.41 Å². The molecule has 0 bridgehead atoms. The molecule has 5 nitrogen and oxygen atoms in total. The number of carbonyl (C=O) groups is 3. The number of ether oxygens (including phenoxy) is 2. The SMILES string of the molecule is CCCCCCCCCCCCCC(=O)OCC1(C=O)COC(=O)C1. The van der Waals surface area contributed by atoms with Crippen molar-refractivity contribution in [2.75, 3.05) is 13.2 Å². The molecule has 0 N–H and O–H groups in total. The van der Waals surface area contributed by atoms with Gasteiger partial charge in [-0.1, -0.05) is 71.1 Å². The van der Waals surface area contributed by atoms with Crippen molar-refractivity contribution >= 4 is 18.2 Å². The largest absolute Gasteiger partial charge is 0.464 e. The molecule has 1 rings (SSSR count). The summed E-state index contributed by atoms with van der Waals surface area (Å²) >= 11 is 0. The van der Waals surface area contributed by atoms with Crippen molar-refractivity contribution in [3.63, 3.8) is 0 Å². The van der Waals surface area contributed by atoms with Crippen molar-refractivity contribution in [3.05, 3.63) is 0 Å². The summed E-state index contributed by atoms with van der Waals surface area (Å²) in [6.07, 6.45) is 14.6. The molecule has 1 unspecified atom stereocenters. The van der Waals surface area contributed by atoms with Crippen LogP contribution in [-0.4, -0.2) is 31.4 Å². The monoisotopic (exact) mass is 354 g/mol. The lowest BCUT2D eigenvalue weighted by molar-refractivity contribution is -0.148. The minimum Gasteiger partial charge on any atom is -0.464 e. The van der Waals surface area contributed by atoms with E-state index < -0.39 is 11.4 Å². The van der Waals surface area contributed by atoms with Crippen LogP contribution in [0.5, 0.6) is 0 Å². The summed E-state index contributed by atoms with van der Waals surface area (Å²) in [5, 5.41) is 0. The van der Waals surface area contributed by atoms with Crippen LogP contribution in [0.25, 0.3) is 0 Å². The van der Waals surface area contributed by atoms with E-state index in [0.29, 0.717) is 12.7 Å². The minimum absolute atomic E-state index is 0.00221. The van der Waals surface area contributed by atoms with Crippen LogP contribution in [0.3, 0.4) is 0 Å². The standard InChI is InChI=1S/C20H34O5/c1-2-3-4-5-6-7-8-9-10-11-12-13-18(22)24-16-20(15-21)14-19(23)25-17-20/h15H,2-14,16-17H2,1H3. The summed E-state index contributed by atoms with van der Waals surface area (Å²) in [4.78, 5) is 34.0. The van der Waals surface area contributed by atoms with Gasteiger partial charge in [0.1, 0.15) is 24.9 Å². The van der Waals surface area contributed by atoms with Crippen LogP contribution in [0, 0.1) is 5.41 Å².